The van der Waals surface area contributed by atoms with Crippen molar-refractivity contribution in [3.05, 3.63) is 48.3 Å². The Bertz CT molecular complexity index is 464. The molecule has 0 bridgehead atoms. The summed E-state index contributed by atoms with van der Waals surface area (Å²) in [5.41, 5.74) is 2.31. The summed E-state index contributed by atoms with van der Waals surface area (Å²) >= 11 is 0. The summed E-state index contributed by atoms with van der Waals surface area (Å²) in [6.45, 7) is 6.16. The van der Waals surface area contributed by atoms with E-state index < -0.39 is 0 Å². The Kier molecular flexibility index (Phi) is 5.59. The van der Waals surface area contributed by atoms with Gasteiger partial charge in [-0.15, -0.1) is 0 Å². The zero-order valence-corrected chi connectivity index (χ0v) is 11.5. The molecule has 2 N–H and O–H groups in total. The second kappa shape index (κ2) is 7.71. The fourth-order valence-corrected chi connectivity index (χ4v) is 1.92. The van der Waals surface area contributed by atoms with E-state index in [1.54, 1.807) is 0 Å². The highest BCUT2D eigenvalue weighted by molar-refractivity contribution is 5.30. The number of hydrogen-bond donors (Lipinski definition) is 2. The lowest BCUT2D eigenvalue weighted by atomic mass is 10.3. The molecule has 1 aromatic heterocycles. The molecule has 0 saturated carbocycles. The first-order chi connectivity index (χ1) is 9.40. The maximum absolute atomic E-state index is 4.38. The monoisotopic (exact) mass is 258 g/mol. The van der Waals surface area contributed by atoms with Crippen LogP contribution in [0, 0.1) is 0 Å². The van der Waals surface area contributed by atoms with Gasteiger partial charge in [-0.25, -0.2) is 4.68 Å². The normalized spacial score (nSPS) is 10.8. The van der Waals surface area contributed by atoms with Crippen LogP contribution in [0.5, 0.6) is 0 Å². The van der Waals surface area contributed by atoms with Crippen molar-refractivity contribution in [1.82, 2.24) is 20.4 Å². The third-order valence-electron chi connectivity index (χ3n) is 2.94. The fourth-order valence-electron chi connectivity index (χ4n) is 1.92. The Morgan fingerprint density at radius 2 is 1.89 bits per heavy atom. The minimum Gasteiger partial charge on any atom is -0.317 e. The second-order valence-electron chi connectivity index (χ2n) is 4.51. The molecule has 0 unspecified atom stereocenters. The molecule has 19 heavy (non-hydrogen) atoms. The Hall–Kier alpha value is -1.65. The van der Waals surface area contributed by atoms with E-state index in [1.165, 1.54) is 5.56 Å². The van der Waals surface area contributed by atoms with E-state index >= 15 is 0 Å². The van der Waals surface area contributed by atoms with Gasteiger partial charge in [-0.05, 0) is 38.2 Å². The molecule has 0 fully saturated rings. The highest BCUT2D eigenvalue weighted by Gasteiger charge is 1.99. The van der Waals surface area contributed by atoms with E-state index in [1.807, 2.05) is 29.1 Å². The van der Waals surface area contributed by atoms with Gasteiger partial charge in [0.05, 0.1) is 11.9 Å². The van der Waals surface area contributed by atoms with Gasteiger partial charge in [0.15, 0.2) is 0 Å². The summed E-state index contributed by atoms with van der Waals surface area (Å²) in [7, 11) is 0. The van der Waals surface area contributed by atoms with Gasteiger partial charge in [0.2, 0.25) is 0 Å². The quantitative estimate of drug-likeness (QED) is 0.711. The third kappa shape index (κ3) is 4.50. The summed E-state index contributed by atoms with van der Waals surface area (Å²) in [4.78, 5) is 0. The standard InChI is InChI=1S/C15H22N4/c1-2-16-9-6-10-17-11-14-12-18-19(13-14)15-7-4-3-5-8-15/h3-5,7-8,12-13,16-17H,2,6,9-11H2,1H3. The molecular formula is C15H22N4. The van der Waals surface area contributed by atoms with Gasteiger partial charge < -0.3 is 10.6 Å². The topological polar surface area (TPSA) is 41.9 Å². The molecule has 0 aliphatic carbocycles. The van der Waals surface area contributed by atoms with Crippen molar-refractivity contribution in [3.63, 3.8) is 0 Å². The first kappa shape index (κ1) is 13.8. The number of nitrogens with one attached hydrogen (secondary N) is 2. The van der Waals surface area contributed by atoms with Crippen LogP contribution in [0.15, 0.2) is 42.7 Å². The summed E-state index contributed by atoms with van der Waals surface area (Å²) in [5.74, 6) is 0. The molecule has 0 aliphatic heterocycles. The van der Waals surface area contributed by atoms with E-state index in [0.29, 0.717) is 0 Å². The summed E-state index contributed by atoms with van der Waals surface area (Å²) in [6, 6.07) is 10.2. The van der Waals surface area contributed by atoms with E-state index in [-0.39, 0.29) is 0 Å². The summed E-state index contributed by atoms with van der Waals surface area (Å²) in [5, 5.41) is 11.1. The highest BCUT2D eigenvalue weighted by atomic mass is 15.3. The maximum atomic E-state index is 4.38. The predicted octanol–water partition coefficient (Wildman–Crippen LogP) is 1.96. The molecule has 0 spiro atoms. The number of aromatic nitrogens is 2. The van der Waals surface area contributed by atoms with Crippen LogP contribution in [0.4, 0.5) is 0 Å². The van der Waals surface area contributed by atoms with Crippen LogP contribution >= 0.6 is 0 Å². The van der Waals surface area contributed by atoms with Gasteiger partial charge >= 0.3 is 0 Å². The van der Waals surface area contributed by atoms with Gasteiger partial charge in [-0.3, -0.25) is 0 Å². The number of rotatable bonds is 8. The molecule has 102 valence electrons. The van der Waals surface area contributed by atoms with E-state index in [0.717, 1.165) is 38.3 Å². The predicted molar refractivity (Wildman–Crippen MR) is 78.4 cm³/mol. The lowest BCUT2D eigenvalue weighted by Crippen LogP contribution is -2.21. The zero-order valence-electron chi connectivity index (χ0n) is 11.5. The molecular weight excluding hydrogens is 236 g/mol. The Morgan fingerprint density at radius 3 is 2.68 bits per heavy atom. The average molecular weight is 258 g/mol. The minimum absolute atomic E-state index is 0.874. The SMILES string of the molecule is CCNCCCNCc1cnn(-c2ccccc2)c1. The third-order valence-corrected chi connectivity index (χ3v) is 2.94. The van der Waals surface area contributed by atoms with Crippen molar-refractivity contribution >= 4 is 0 Å². The Labute approximate surface area is 114 Å². The smallest absolute Gasteiger partial charge is 0.0645 e. The van der Waals surface area contributed by atoms with Crippen LogP contribution in [0.25, 0.3) is 5.69 Å². The molecule has 1 aromatic carbocycles. The van der Waals surface area contributed by atoms with Crippen LogP contribution in [0.3, 0.4) is 0 Å². The fraction of sp³-hybridized carbons (Fsp3) is 0.400. The van der Waals surface area contributed by atoms with Crippen molar-refractivity contribution in [2.45, 2.75) is 19.9 Å². The van der Waals surface area contributed by atoms with Crippen molar-refractivity contribution < 1.29 is 0 Å². The van der Waals surface area contributed by atoms with Gasteiger partial charge in [0.1, 0.15) is 0 Å². The Balaban J connectivity index is 1.75. The molecule has 0 atom stereocenters. The molecule has 0 radical (unpaired) electrons. The number of hydrogen-bond acceptors (Lipinski definition) is 3. The highest BCUT2D eigenvalue weighted by Crippen LogP contribution is 2.07. The van der Waals surface area contributed by atoms with Crippen molar-refractivity contribution in [1.29, 1.82) is 0 Å². The Morgan fingerprint density at radius 1 is 1.11 bits per heavy atom. The molecule has 2 aromatic rings. The number of nitrogens with zero attached hydrogens (tertiary/aromatic N) is 2. The number of para-hydroxylation sites is 1. The van der Waals surface area contributed by atoms with Gasteiger partial charge in [0, 0.05) is 18.3 Å². The van der Waals surface area contributed by atoms with Crippen molar-refractivity contribution in [3.8, 4) is 5.69 Å². The van der Waals surface area contributed by atoms with Crippen LogP contribution in [0.1, 0.15) is 18.9 Å². The lowest BCUT2D eigenvalue weighted by molar-refractivity contribution is 0.606. The molecule has 4 nitrogen and oxygen atoms in total. The largest absolute Gasteiger partial charge is 0.317 e. The van der Waals surface area contributed by atoms with Crippen LogP contribution < -0.4 is 10.6 Å². The van der Waals surface area contributed by atoms with Crippen LogP contribution in [0.2, 0.25) is 0 Å². The van der Waals surface area contributed by atoms with E-state index in [2.05, 4.69) is 41.0 Å². The summed E-state index contributed by atoms with van der Waals surface area (Å²) in [6.07, 6.45) is 5.15. The first-order valence-corrected chi connectivity index (χ1v) is 6.90. The number of benzene rings is 1. The molecule has 1 heterocycles. The van der Waals surface area contributed by atoms with E-state index in [4.69, 9.17) is 0 Å². The molecule has 0 aliphatic rings. The second-order valence-corrected chi connectivity index (χ2v) is 4.51. The maximum Gasteiger partial charge on any atom is 0.0645 e. The average Bonchev–Trinajstić information content (AvgIpc) is 2.92. The molecule has 4 heteroatoms. The van der Waals surface area contributed by atoms with Gasteiger partial charge in [0.25, 0.3) is 0 Å². The van der Waals surface area contributed by atoms with Crippen molar-refractivity contribution in [2.75, 3.05) is 19.6 Å². The van der Waals surface area contributed by atoms with Crippen molar-refractivity contribution in [2.24, 2.45) is 0 Å². The molecule has 0 saturated heterocycles. The molecule has 0 amide bonds. The molecule has 2 rings (SSSR count). The summed E-state index contributed by atoms with van der Waals surface area (Å²) < 4.78 is 1.91. The van der Waals surface area contributed by atoms with Crippen LogP contribution in [-0.4, -0.2) is 29.4 Å². The van der Waals surface area contributed by atoms with Gasteiger partial charge in [-0.2, -0.15) is 5.10 Å². The lowest BCUT2D eigenvalue weighted by Gasteiger charge is -2.03. The van der Waals surface area contributed by atoms with Gasteiger partial charge in [-0.1, -0.05) is 25.1 Å². The van der Waals surface area contributed by atoms with Crippen LogP contribution in [-0.2, 0) is 6.54 Å². The first-order valence-electron chi connectivity index (χ1n) is 6.90. The zero-order chi connectivity index (χ0) is 13.3. The van der Waals surface area contributed by atoms with E-state index in [9.17, 15) is 0 Å². The minimum atomic E-state index is 0.874.